The molecule has 2 heterocycles. The number of carbonyl (C=O) groups is 1. The molecule has 1 aliphatic rings. The number of ether oxygens (including phenoxy) is 1. The van der Waals surface area contributed by atoms with Crippen LogP contribution in [0.5, 0.6) is 0 Å². The average Bonchev–Trinajstić information content (AvgIpc) is 2.78. The van der Waals surface area contributed by atoms with E-state index in [-0.39, 0.29) is 5.60 Å². The van der Waals surface area contributed by atoms with Crippen LogP contribution in [-0.2, 0) is 9.53 Å². The first-order chi connectivity index (χ1) is 9.90. The lowest BCUT2D eigenvalue weighted by molar-refractivity contribution is -0.138. The van der Waals surface area contributed by atoms with Gasteiger partial charge in [0.1, 0.15) is 5.60 Å². The van der Waals surface area contributed by atoms with Crippen LogP contribution in [0, 0.1) is 0 Å². The zero-order valence-electron chi connectivity index (χ0n) is 13.1. The largest absolute Gasteiger partial charge is 0.462 e. The molecule has 0 saturated carbocycles. The SMILES string of the molecule is CC(C)(C)OC=O.CN1CC(n2ncc3ccccc32)C1. The minimum absolute atomic E-state index is 0.318. The average molecular weight is 289 g/mol. The molecule has 5 nitrogen and oxygen atoms in total. The number of likely N-dealkylation sites (tertiary alicyclic amines) is 1. The maximum Gasteiger partial charge on any atom is 0.293 e. The first kappa shape index (κ1) is 15.5. The molecule has 1 aliphatic heterocycles. The van der Waals surface area contributed by atoms with Crippen molar-refractivity contribution in [2.75, 3.05) is 20.1 Å². The number of nitrogens with zero attached hydrogens (tertiary/aromatic N) is 3. The molecule has 0 bridgehead atoms. The van der Waals surface area contributed by atoms with E-state index in [9.17, 15) is 4.79 Å². The van der Waals surface area contributed by atoms with Crippen molar-refractivity contribution in [2.45, 2.75) is 32.4 Å². The van der Waals surface area contributed by atoms with Gasteiger partial charge in [0.15, 0.2) is 0 Å². The summed E-state index contributed by atoms with van der Waals surface area (Å²) in [5.74, 6) is 0. The Morgan fingerprint density at radius 1 is 1.29 bits per heavy atom. The highest BCUT2D eigenvalue weighted by atomic mass is 16.5. The summed E-state index contributed by atoms with van der Waals surface area (Å²) in [4.78, 5) is 11.9. The van der Waals surface area contributed by atoms with Gasteiger partial charge in [-0.25, -0.2) is 0 Å². The van der Waals surface area contributed by atoms with Gasteiger partial charge in [0, 0.05) is 18.5 Å². The Morgan fingerprint density at radius 3 is 2.48 bits per heavy atom. The number of para-hydroxylation sites is 1. The lowest BCUT2D eigenvalue weighted by Gasteiger charge is -2.36. The first-order valence-electron chi connectivity index (χ1n) is 7.13. The topological polar surface area (TPSA) is 47.4 Å². The predicted molar refractivity (Wildman–Crippen MR) is 83.2 cm³/mol. The molecule has 2 aromatic rings. The van der Waals surface area contributed by atoms with Crippen LogP contribution in [0.15, 0.2) is 30.5 Å². The van der Waals surface area contributed by atoms with E-state index in [1.54, 1.807) is 0 Å². The van der Waals surface area contributed by atoms with Gasteiger partial charge in [-0.1, -0.05) is 18.2 Å². The number of rotatable bonds is 2. The molecule has 3 rings (SSSR count). The fraction of sp³-hybridized carbons (Fsp3) is 0.500. The molecule has 1 aromatic heterocycles. The summed E-state index contributed by atoms with van der Waals surface area (Å²) in [5, 5.41) is 5.68. The van der Waals surface area contributed by atoms with Crippen LogP contribution in [0.4, 0.5) is 0 Å². The Kier molecular flexibility index (Phi) is 4.63. The Balaban J connectivity index is 0.000000199. The minimum Gasteiger partial charge on any atom is -0.462 e. The summed E-state index contributed by atoms with van der Waals surface area (Å²) in [5.41, 5.74) is 0.937. The summed E-state index contributed by atoms with van der Waals surface area (Å²) >= 11 is 0. The van der Waals surface area contributed by atoms with Gasteiger partial charge in [-0.15, -0.1) is 0 Å². The molecule has 0 spiro atoms. The van der Waals surface area contributed by atoms with Crippen LogP contribution in [-0.4, -0.2) is 46.9 Å². The molecule has 1 saturated heterocycles. The van der Waals surface area contributed by atoms with Crippen molar-refractivity contribution in [2.24, 2.45) is 0 Å². The maximum atomic E-state index is 9.60. The van der Waals surface area contributed by atoms with Crippen molar-refractivity contribution in [1.29, 1.82) is 0 Å². The normalized spacial score (nSPS) is 16.0. The number of hydrogen-bond donors (Lipinski definition) is 0. The molecule has 0 radical (unpaired) electrons. The standard InChI is InChI=1S/C11H13N3.C5H10O2/c1-13-7-10(8-13)14-11-5-3-2-4-9(11)6-12-14;1-5(2,3)7-4-6/h2-6,10H,7-8H2,1H3;4H,1-3H3. The van der Waals surface area contributed by atoms with Gasteiger partial charge in [0.05, 0.1) is 17.8 Å². The van der Waals surface area contributed by atoms with E-state index in [1.165, 1.54) is 10.9 Å². The second-order valence-corrected chi connectivity index (χ2v) is 6.35. The minimum atomic E-state index is -0.318. The Hall–Kier alpha value is -1.88. The van der Waals surface area contributed by atoms with E-state index in [0.29, 0.717) is 12.5 Å². The van der Waals surface area contributed by atoms with Gasteiger partial charge in [-0.2, -0.15) is 5.10 Å². The second kappa shape index (κ2) is 6.26. The molecule has 0 unspecified atom stereocenters. The predicted octanol–water partition coefficient (Wildman–Crippen LogP) is 2.48. The molecule has 114 valence electrons. The summed E-state index contributed by atoms with van der Waals surface area (Å²) in [7, 11) is 2.14. The zero-order chi connectivity index (χ0) is 15.5. The summed E-state index contributed by atoms with van der Waals surface area (Å²) in [6.45, 7) is 8.15. The lowest BCUT2D eigenvalue weighted by Crippen LogP contribution is -2.45. The van der Waals surface area contributed by atoms with Gasteiger partial charge >= 0.3 is 0 Å². The highest BCUT2D eigenvalue weighted by molar-refractivity contribution is 5.78. The highest BCUT2D eigenvalue weighted by Crippen LogP contribution is 2.23. The Bertz CT molecular complexity index is 595. The maximum absolute atomic E-state index is 9.60. The molecule has 1 fully saturated rings. The number of hydrogen-bond acceptors (Lipinski definition) is 4. The number of fused-ring (bicyclic) bond motifs is 1. The number of aromatic nitrogens is 2. The van der Waals surface area contributed by atoms with Crippen molar-refractivity contribution >= 4 is 17.4 Å². The van der Waals surface area contributed by atoms with E-state index < -0.39 is 0 Å². The fourth-order valence-electron chi connectivity index (χ4n) is 2.25. The van der Waals surface area contributed by atoms with E-state index in [4.69, 9.17) is 0 Å². The molecule has 0 N–H and O–H groups in total. The van der Waals surface area contributed by atoms with E-state index >= 15 is 0 Å². The zero-order valence-corrected chi connectivity index (χ0v) is 13.1. The van der Waals surface area contributed by atoms with Gasteiger partial charge < -0.3 is 9.64 Å². The third kappa shape index (κ3) is 4.04. The summed E-state index contributed by atoms with van der Waals surface area (Å²) in [6.07, 6.45) is 1.95. The number of carbonyl (C=O) groups excluding carboxylic acids is 1. The van der Waals surface area contributed by atoms with Gasteiger partial charge in [0.2, 0.25) is 0 Å². The van der Waals surface area contributed by atoms with E-state index in [2.05, 4.69) is 50.7 Å². The molecule has 0 atom stereocenters. The van der Waals surface area contributed by atoms with E-state index in [1.807, 2.05) is 27.0 Å². The molecule has 1 aromatic carbocycles. The Labute approximate surface area is 125 Å². The fourth-order valence-corrected chi connectivity index (χ4v) is 2.25. The molecule has 0 amide bonds. The van der Waals surface area contributed by atoms with Crippen molar-refractivity contribution in [3.63, 3.8) is 0 Å². The third-order valence-electron chi connectivity index (χ3n) is 3.30. The van der Waals surface area contributed by atoms with Crippen LogP contribution in [0.25, 0.3) is 10.9 Å². The molecule has 21 heavy (non-hydrogen) atoms. The molecular formula is C16H23N3O2. The van der Waals surface area contributed by atoms with Gasteiger partial charge in [-0.3, -0.25) is 9.48 Å². The quantitative estimate of drug-likeness (QED) is 0.797. The van der Waals surface area contributed by atoms with Gasteiger partial charge in [0.25, 0.3) is 6.47 Å². The van der Waals surface area contributed by atoms with Crippen molar-refractivity contribution in [3.8, 4) is 0 Å². The smallest absolute Gasteiger partial charge is 0.293 e. The second-order valence-electron chi connectivity index (χ2n) is 6.35. The van der Waals surface area contributed by atoms with E-state index in [0.717, 1.165) is 13.1 Å². The molecule has 5 heteroatoms. The van der Waals surface area contributed by atoms with Crippen LogP contribution in [0.3, 0.4) is 0 Å². The van der Waals surface area contributed by atoms with Gasteiger partial charge in [-0.05, 0) is 33.9 Å². The third-order valence-corrected chi connectivity index (χ3v) is 3.30. The summed E-state index contributed by atoms with van der Waals surface area (Å²) < 4.78 is 6.70. The molecular weight excluding hydrogens is 266 g/mol. The first-order valence-corrected chi connectivity index (χ1v) is 7.13. The molecule has 0 aliphatic carbocycles. The van der Waals surface area contributed by atoms with Crippen LogP contribution in [0.2, 0.25) is 0 Å². The lowest BCUT2D eigenvalue weighted by atomic mass is 10.1. The Morgan fingerprint density at radius 2 is 1.95 bits per heavy atom. The summed E-state index contributed by atoms with van der Waals surface area (Å²) in [6, 6.07) is 8.95. The highest BCUT2D eigenvalue weighted by Gasteiger charge is 2.26. The van der Waals surface area contributed by atoms with Crippen LogP contribution in [0.1, 0.15) is 26.8 Å². The van der Waals surface area contributed by atoms with Crippen LogP contribution < -0.4 is 0 Å². The van der Waals surface area contributed by atoms with Crippen LogP contribution >= 0.6 is 0 Å². The number of likely N-dealkylation sites (N-methyl/N-ethyl adjacent to an activating group) is 1. The van der Waals surface area contributed by atoms with Crippen molar-refractivity contribution in [1.82, 2.24) is 14.7 Å². The number of benzene rings is 1. The van der Waals surface area contributed by atoms with Crippen molar-refractivity contribution in [3.05, 3.63) is 30.5 Å². The van der Waals surface area contributed by atoms with Crippen molar-refractivity contribution < 1.29 is 9.53 Å². The monoisotopic (exact) mass is 289 g/mol.